The number of benzene rings is 2. The zero-order valence-electron chi connectivity index (χ0n) is 16.5. The number of amides is 2. The van der Waals surface area contributed by atoms with E-state index in [1.807, 2.05) is 30.3 Å². The monoisotopic (exact) mass is 439 g/mol. The van der Waals surface area contributed by atoms with Crippen molar-refractivity contribution in [2.75, 3.05) is 7.05 Å². The minimum absolute atomic E-state index is 0.0203. The van der Waals surface area contributed by atoms with Crippen LogP contribution in [0.3, 0.4) is 0 Å². The van der Waals surface area contributed by atoms with Gasteiger partial charge in [-0.05, 0) is 49.7 Å². The molecule has 2 amide bonds. The van der Waals surface area contributed by atoms with E-state index in [0.717, 1.165) is 25.7 Å². The first-order chi connectivity index (χ1) is 14.2. The van der Waals surface area contributed by atoms with Gasteiger partial charge in [-0.25, -0.2) is 9.79 Å². The Morgan fingerprint density at radius 1 is 1.30 bits per heavy atom. The fourth-order valence-corrected chi connectivity index (χ4v) is 5.21. The molecular weight excluding hydrogens is 422 g/mol. The number of fused-ring (bicyclic) bond motifs is 3. The van der Waals surface area contributed by atoms with E-state index in [1.165, 1.54) is 11.9 Å². The molecule has 0 aliphatic carbocycles. The van der Waals surface area contributed by atoms with Gasteiger partial charge < -0.3 is 5.11 Å². The molecule has 1 aromatic heterocycles. The lowest BCUT2D eigenvalue weighted by Gasteiger charge is -2.35. The van der Waals surface area contributed by atoms with E-state index in [1.54, 1.807) is 25.2 Å². The predicted octanol–water partition coefficient (Wildman–Crippen LogP) is 4.78. The van der Waals surface area contributed by atoms with Crippen LogP contribution >= 0.6 is 22.9 Å². The van der Waals surface area contributed by atoms with Crippen molar-refractivity contribution in [2.45, 2.75) is 25.8 Å². The van der Waals surface area contributed by atoms with E-state index in [-0.39, 0.29) is 18.3 Å². The second-order valence-electron chi connectivity index (χ2n) is 7.29. The maximum Gasteiger partial charge on any atom is 0.411 e. The molecule has 0 saturated heterocycles. The molecule has 0 radical (unpaired) electrons. The van der Waals surface area contributed by atoms with Gasteiger partial charge in [0.2, 0.25) is 11.9 Å². The number of carbonyl (C=O) groups is 2. The van der Waals surface area contributed by atoms with Crippen molar-refractivity contribution in [1.82, 2.24) is 10.2 Å². The number of rotatable bonds is 1. The molecule has 0 fully saturated rings. The molecule has 1 atom stereocenters. The quantitative estimate of drug-likeness (QED) is 0.535. The van der Waals surface area contributed by atoms with Gasteiger partial charge in [-0.1, -0.05) is 17.5 Å². The maximum atomic E-state index is 12.6. The minimum atomic E-state index is -1.28. The highest BCUT2D eigenvalue weighted by atomic mass is 35.5. The van der Waals surface area contributed by atoms with Crippen LogP contribution in [-0.2, 0) is 10.3 Å². The molecule has 0 bridgehead atoms. The highest BCUT2D eigenvalue weighted by Crippen LogP contribution is 2.43. The van der Waals surface area contributed by atoms with Crippen LogP contribution in [0.4, 0.5) is 4.79 Å². The SMILES string of the molecule is CC#Cc1ccc2sc3cc(Cl)c(C4(C)CC(=O)N(C)C(NC(=O)O)=N4)cc3c2c1. The molecule has 4 rings (SSSR count). The van der Waals surface area contributed by atoms with E-state index in [4.69, 9.17) is 16.7 Å². The van der Waals surface area contributed by atoms with Crippen molar-refractivity contribution in [2.24, 2.45) is 4.99 Å². The Kier molecular flexibility index (Phi) is 4.92. The van der Waals surface area contributed by atoms with Crippen molar-refractivity contribution < 1.29 is 14.7 Å². The van der Waals surface area contributed by atoms with Crippen LogP contribution in [0.15, 0.2) is 35.3 Å². The largest absolute Gasteiger partial charge is 0.465 e. The summed E-state index contributed by atoms with van der Waals surface area (Å²) in [5.41, 5.74) is 0.601. The van der Waals surface area contributed by atoms with E-state index in [9.17, 15) is 9.59 Å². The first kappa shape index (κ1) is 20.2. The van der Waals surface area contributed by atoms with Crippen LogP contribution in [0.2, 0.25) is 5.02 Å². The van der Waals surface area contributed by atoms with Gasteiger partial charge in [-0.3, -0.25) is 15.0 Å². The molecule has 2 heterocycles. The molecule has 152 valence electrons. The fourth-order valence-electron chi connectivity index (χ4n) is 3.68. The molecule has 0 saturated carbocycles. The normalized spacial score (nSPS) is 18.9. The van der Waals surface area contributed by atoms with Gasteiger partial charge in [0.15, 0.2) is 0 Å². The highest BCUT2D eigenvalue weighted by molar-refractivity contribution is 7.25. The number of aliphatic imine (C=N–C) groups is 1. The number of guanidine groups is 1. The van der Waals surface area contributed by atoms with Crippen LogP contribution in [0.1, 0.15) is 31.4 Å². The average Bonchev–Trinajstić information content (AvgIpc) is 3.01. The Hall–Kier alpha value is -3.08. The third kappa shape index (κ3) is 3.38. The number of carbonyl (C=O) groups excluding carboxylic acids is 1. The first-order valence-corrected chi connectivity index (χ1v) is 10.4. The molecule has 0 spiro atoms. The smallest absolute Gasteiger partial charge is 0.411 e. The van der Waals surface area contributed by atoms with Crippen molar-refractivity contribution in [1.29, 1.82) is 0 Å². The van der Waals surface area contributed by atoms with Crippen molar-refractivity contribution in [3.05, 3.63) is 46.5 Å². The minimum Gasteiger partial charge on any atom is -0.465 e. The number of nitrogens with zero attached hydrogens (tertiary/aromatic N) is 2. The van der Waals surface area contributed by atoms with Crippen molar-refractivity contribution in [3.8, 4) is 11.8 Å². The third-order valence-corrected chi connectivity index (χ3v) is 6.61. The lowest BCUT2D eigenvalue weighted by Crippen LogP contribution is -2.51. The van der Waals surface area contributed by atoms with Gasteiger partial charge in [0.1, 0.15) is 0 Å². The summed E-state index contributed by atoms with van der Waals surface area (Å²) in [6.45, 7) is 3.59. The van der Waals surface area contributed by atoms with Crippen LogP contribution in [0.5, 0.6) is 0 Å². The van der Waals surface area contributed by atoms with Crippen LogP contribution in [-0.4, -0.2) is 35.0 Å². The van der Waals surface area contributed by atoms with Gasteiger partial charge in [0, 0.05) is 37.8 Å². The summed E-state index contributed by atoms with van der Waals surface area (Å²) in [5, 5.41) is 13.9. The summed E-state index contributed by atoms with van der Waals surface area (Å²) in [7, 11) is 1.49. The van der Waals surface area contributed by atoms with Crippen LogP contribution < -0.4 is 5.32 Å². The third-order valence-electron chi connectivity index (χ3n) is 5.17. The maximum absolute atomic E-state index is 12.6. The molecule has 1 aliphatic rings. The van der Waals surface area contributed by atoms with Crippen LogP contribution in [0, 0.1) is 11.8 Å². The number of thiophene rings is 1. The Balaban J connectivity index is 1.93. The Labute approximate surface area is 182 Å². The van der Waals surface area contributed by atoms with Gasteiger partial charge >= 0.3 is 6.09 Å². The topological polar surface area (TPSA) is 82.0 Å². The number of nitrogens with one attached hydrogen (secondary N) is 1. The lowest BCUT2D eigenvalue weighted by atomic mass is 9.86. The molecule has 2 N–H and O–H groups in total. The standard InChI is InChI=1S/C22H18ClN3O3S/c1-4-5-12-6-7-17-13(8-12)14-9-15(16(23)10-18(14)30-17)22(2)11-19(27)26(3)20(25-22)24-21(28)29/h6-10H,11H2,1-3H3,(H,24,25)(H,28,29). The Bertz CT molecular complexity index is 1320. The molecule has 2 aromatic carbocycles. The Morgan fingerprint density at radius 2 is 2.03 bits per heavy atom. The summed E-state index contributed by atoms with van der Waals surface area (Å²) in [6, 6.07) is 9.92. The van der Waals surface area contributed by atoms with Gasteiger partial charge in [-0.15, -0.1) is 17.3 Å². The molecule has 6 nitrogen and oxygen atoms in total. The first-order valence-electron chi connectivity index (χ1n) is 9.17. The summed E-state index contributed by atoms with van der Waals surface area (Å²) in [5.74, 6) is 5.72. The average molecular weight is 440 g/mol. The van der Waals surface area contributed by atoms with E-state index < -0.39 is 11.6 Å². The number of hydrogen-bond donors (Lipinski definition) is 2. The van der Waals surface area contributed by atoms with E-state index >= 15 is 0 Å². The van der Waals surface area contributed by atoms with E-state index in [2.05, 4.69) is 22.2 Å². The molecule has 3 aromatic rings. The number of halogens is 1. The summed E-state index contributed by atoms with van der Waals surface area (Å²) in [4.78, 5) is 29.5. The van der Waals surface area contributed by atoms with Crippen LogP contribution in [0.25, 0.3) is 20.2 Å². The molecule has 1 unspecified atom stereocenters. The zero-order chi connectivity index (χ0) is 21.6. The summed E-state index contributed by atoms with van der Waals surface area (Å²) >= 11 is 8.26. The molecule has 1 aliphatic heterocycles. The second kappa shape index (κ2) is 7.31. The summed E-state index contributed by atoms with van der Waals surface area (Å²) < 4.78 is 2.14. The zero-order valence-corrected chi connectivity index (χ0v) is 18.1. The van der Waals surface area contributed by atoms with Gasteiger partial charge in [-0.2, -0.15) is 0 Å². The van der Waals surface area contributed by atoms with Gasteiger partial charge in [0.25, 0.3) is 0 Å². The molecular formula is C22H18ClN3O3S. The predicted molar refractivity (Wildman–Crippen MR) is 120 cm³/mol. The van der Waals surface area contributed by atoms with Crippen molar-refractivity contribution >= 4 is 61.1 Å². The molecule has 30 heavy (non-hydrogen) atoms. The Morgan fingerprint density at radius 3 is 2.73 bits per heavy atom. The fraction of sp³-hybridized carbons (Fsp3) is 0.227. The lowest BCUT2D eigenvalue weighted by molar-refractivity contribution is -0.128. The highest BCUT2D eigenvalue weighted by Gasteiger charge is 2.39. The van der Waals surface area contributed by atoms with E-state index in [0.29, 0.717) is 10.6 Å². The second-order valence-corrected chi connectivity index (χ2v) is 8.78. The van der Waals surface area contributed by atoms with Crippen molar-refractivity contribution in [3.63, 3.8) is 0 Å². The number of hydrogen-bond acceptors (Lipinski definition) is 4. The number of carboxylic acid groups (broad SMARTS) is 1. The molecule has 8 heteroatoms. The van der Waals surface area contributed by atoms with Gasteiger partial charge in [0.05, 0.1) is 12.0 Å². The summed E-state index contributed by atoms with van der Waals surface area (Å²) in [6.07, 6.45) is -1.21.